The predicted octanol–water partition coefficient (Wildman–Crippen LogP) is 4.11. The number of hydrogen-bond donors (Lipinski definition) is 0. The van der Waals surface area contributed by atoms with Gasteiger partial charge >= 0.3 is 0 Å². The number of ether oxygens (including phenoxy) is 1. The quantitative estimate of drug-likeness (QED) is 0.711. The van der Waals surface area contributed by atoms with Crippen LogP contribution in [0.3, 0.4) is 0 Å². The first-order chi connectivity index (χ1) is 11.2. The summed E-state index contributed by atoms with van der Waals surface area (Å²) in [6.45, 7) is 2.85. The molecule has 1 aliphatic heterocycles. The van der Waals surface area contributed by atoms with Gasteiger partial charge in [-0.2, -0.15) is 5.10 Å². The van der Waals surface area contributed by atoms with Crippen LogP contribution in [0.25, 0.3) is 10.9 Å². The van der Waals surface area contributed by atoms with Gasteiger partial charge < -0.3 is 4.74 Å². The Labute approximate surface area is 139 Å². The molecule has 3 aromatic rings. The monoisotopic (exact) mass is 325 g/mol. The molecule has 0 bridgehead atoms. The first-order valence-electron chi connectivity index (χ1n) is 7.54. The van der Waals surface area contributed by atoms with Crippen LogP contribution < -0.4 is 4.74 Å². The normalized spacial score (nSPS) is 17.0. The number of hydrogen-bond acceptors (Lipinski definition) is 3. The van der Waals surface area contributed by atoms with Crippen molar-refractivity contribution in [3.63, 3.8) is 0 Å². The average molecular weight is 326 g/mol. The van der Waals surface area contributed by atoms with Gasteiger partial charge in [-0.1, -0.05) is 23.7 Å². The summed E-state index contributed by atoms with van der Waals surface area (Å²) < 4.78 is 7.38. The summed E-state index contributed by atoms with van der Waals surface area (Å²) in [7, 11) is 1.67. The summed E-state index contributed by atoms with van der Waals surface area (Å²) in [5.74, 6) is 0.811. The Hall–Kier alpha value is -2.33. The van der Waals surface area contributed by atoms with Gasteiger partial charge in [-0.25, -0.2) is 0 Å². The van der Waals surface area contributed by atoms with Crippen molar-refractivity contribution in [3.05, 3.63) is 58.7 Å². The number of halogens is 1. The van der Waals surface area contributed by atoms with E-state index in [-0.39, 0.29) is 6.04 Å². The second kappa shape index (κ2) is 5.39. The second-order valence-electron chi connectivity index (χ2n) is 5.72. The minimum atomic E-state index is 0.236. The average Bonchev–Trinajstić information content (AvgIpc) is 2.96. The third-order valence-electron chi connectivity index (χ3n) is 4.18. The Morgan fingerprint density at radius 2 is 1.96 bits per heavy atom. The highest BCUT2D eigenvalue weighted by molar-refractivity contribution is 6.30. The van der Waals surface area contributed by atoms with Gasteiger partial charge in [0.05, 0.1) is 36.6 Å². The van der Waals surface area contributed by atoms with Crippen molar-refractivity contribution in [2.24, 2.45) is 4.99 Å². The molecular formula is C18H16ClN3O. The fourth-order valence-corrected chi connectivity index (χ4v) is 3.10. The van der Waals surface area contributed by atoms with Gasteiger partial charge in [-0.3, -0.25) is 9.67 Å². The van der Waals surface area contributed by atoms with Gasteiger partial charge in [0.1, 0.15) is 5.75 Å². The first kappa shape index (κ1) is 14.3. The molecule has 1 aromatic heterocycles. The van der Waals surface area contributed by atoms with E-state index >= 15 is 0 Å². The third kappa shape index (κ3) is 2.30. The number of rotatable bonds is 2. The lowest BCUT2D eigenvalue weighted by atomic mass is 10.0. The van der Waals surface area contributed by atoms with Gasteiger partial charge in [0, 0.05) is 22.0 Å². The molecule has 116 valence electrons. The Morgan fingerprint density at radius 1 is 1.17 bits per heavy atom. The Bertz CT molecular complexity index is 912. The van der Waals surface area contributed by atoms with Crippen LogP contribution in [0.15, 0.2) is 47.5 Å². The SMILES string of the molecule is COc1ccc2c3n(nc2c1)C(C)CN=C3c1ccc(Cl)cc1. The summed E-state index contributed by atoms with van der Waals surface area (Å²) in [5.41, 5.74) is 4.01. The van der Waals surface area contributed by atoms with Crippen molar-refractivity contribution in [3.8, 4) is 5.75 Å². The third-order valence-corrected chi connectivity index (χ3v) is 4.43. The molecule has 0 saturated carbocycles. The van der Waals surface area contributed by atoms with Crippen LogP contribution in [0.4, 0.5) is 0 Å². The van der Waals surface area contributed by atoms with E-state index in [1.165, 1.54) is 0 Å². The number of benzene rings is 2. The van der Waals surface area contributed by atoms with Crippen LogP contribution in [0.1, 0.15) is 24.2 Å². The van der Waals surface area contributed by atoms with Crippen molar-refractivity contribution >= 4 is 28.2 Å². The summed E-state index contributed by atoms with van der Waals surface area (Å²) in [6.07, 6.45) is 0. The molecule has 2 heterocycles. The molecule has 1 aliphatic rings. The number of aliphatic imine (C=N–C) groups is 1. The fraction of sp³-hybridized carbons (Fsp3) is 0.222. The zero-order valence-corrected chi connectivity index (χ0v) is 13.7. The molecule has 0 N–H and O–H groups in total. The van der Waals surface area contributed by atoms with Crippen LogP contribution in [0.2, 0.25) is 5.02 Å². The van der Waals surface area contributed by atoms with Crippen LogP contribution in [0, 0.1) is 0 Å². The minimum absolute atomic E-state index is 0.236. The molecule has 1 unspecified atom stereocenters. The smallest absolute Gasteiger partial charge is 0.121 e. The molecule has 0 spiro atoms. The molecular weight excluding hydrogens is 310 g/mol. The Balaban J connectivity index is 1.94. The van der Waals surface area contributed by atoms with E-state index in [0.29, 0.717) is 0 Å². The maximum atomic E-state index is 6.01. The highest BCUT2D eigenvalue weighted by Gasteiger charge is 2.25. The van der Waals surface area contributed by atoms with Gasteiger partial charge in [-0.05, 0) is 31.2 Å². The summed E-state index contributed by atoms with van der Waals surface area (Å²) >= 11 is 6.01. The lowest BCUT2D eigenvalue weighted by Gasteiger charge is -2.21. The zero-order valence-electron chi connectivity index (χ0n) is 13.0. The van der Waals surface area contributed by atoms with Crippen molar-refractivity contribution in [2.45, 2.75) is 13.0 Å². The maximum Gasteiger partial charge on any atom is 0.121 e. The molecule has 4 nitrogen and oxygen atoms in total. The van der Waals surface area contributed by atoms with E-state index in [4.69, 9.17) is 26.4 Å². The maximum absolute atomic E-state index is 6.01. The number of methoxy groups -OCH3 is 1. The van der Waals surface area contributed by atoms with E-state index in [2.05, 4.69) is 17.7 Å². The molecule has 0 amide bonds. The lowest BCUT2D eigenvalue weighted by Crippen LogP contribution is -2.23. The molecule has 0 aliphatic carbocycles. The summed E-state index contributed by atoms with van der Waals surface area (Å²) in [6, 6.07) is 14.0. The molecule has 5 heteroatoms. The molecule has 0 radical (unpaired) electrons. The van der Waals surface area contributed by atoms with Gasteiger partial charge in [0.2, 0.25) is 0 Å². The molecule has 4 rings (SSSR count). The molecule has 0 saturated heterocycles. The molecule has 23 heavy (non-hydrogen) atoms. The van der Waals surface area contributed by atoms with Gasteiger partial charge in [-0.15, -0.1) is 0 Å². The molecule has 0 fully saturated rings. The van der Waals surface area contributed by atoms with Gasteiger partial charge in [0.15, 0.2) is 0 Å². The standard InChI is InChI=1S/C18H16ClN3O/c1-11-10-20-17(12-3-5-13(19)6-4-12)18-15-8-7-14(23-2)9-16(15)21-22(11)18/h3-9,11H,10H2,1-2H3. The fourth-order valence-electron chi connectivity index (χ4n) is 2.98. The predicted molar refractivity (Wildman–Crippen MR) is 93.0 cm³/mol. The first-order valence-corrected chi connectivity index (χ1v) is 7.92. The highest BCUT2D eigenvalue weighted by atomic mass is 35.5. The Morgan fingerprint density at radius 3 is 2.70 bits per heavy atom. The second-order valence-corrected chi connectivity index (χ2v) is 6.16. The van der Waals surface area contributed by atoms with Crippen LogP contribution >= 0.6 is 11.6 Å². The van der Waals surface area contributed by atoms with Crippen LogP contribution in [-0.2, 0) is 0 Å². The van der Waals surface area contributed by atoms with Gasteiger partial charge in [0.25, 0.3) is 0 Å². The van der Waals surface area contributed by atoms with E-state index in [1.54, 1.807) is 7.11 Å². The summed E-state index contributed by atoms with van der Waals surface area (Å²) in [5, 5.41) is 6.58. The summed E-state index contributed by atoms with van der Waals surface area (Å²) in [4.78, 5) is 4.80. The number of aromatic nitrogens is 2. The van der Waals surface area contributed by atoms with E-state index in [9.17, 15) is 0 Å². The molecule has 1 atom stereocenters. The van der Waals surface area contributed by atoms with Crippen molar-refractivity contribution in [1.82, 2.24) is 9.78 Å². The largest absolute Gasteiger partial charge is 0.497 e. The van der Waals surface area contributed by atoms with Crippen LogP contribution in [0.5, 0.6) is 5.75 Å². The Kier molecular flexibility index (Phi) is 3.34. The lowest BCUT2D eigenvalue weighted by molar-refractivity contribution is 0.415. The van der Waals surface area contributed by atoms with Crippen molar-refractivity contribution < 1.29 is 4.74 Å². The minimum Gasteiger partial charge on any atom is -0.497 e. The van der Waals surface area contributed by atoms with Crippen molar-refractivity contribution in [1.29, 1.82) is 0 Å². The van der Waals surface area contributed by atoms with Crippen molar-refractivity contribution in [2.75, 3.05) is 13.7 Å². The highest BCUT2D eigenvalue weighted by Crippen LogP contribution is 2.30. The number of fused-ring (bicyclic) bond motifs is 3. The molecule has 2 aromatic carbocycles. The topological polar surface area (TPSA) is 39.4 Å². The van der Waals surface area contributed by atoms with E-state index < -0.39 is 0 Å². The number of nitrogens with zero attached hydrogens (tertiary/aromatic N) is 3. The van der Waals surface area contributed by atoms with E-state index in [1.807, 2.05) is 36.4 Å². The zero-order chi connectivity index (χ0) is 16.0. The van der Waals surface area contributed by atoms with Crippen LogP contribution in [-0.4, -0.2) is 29.1 Å². The van der Waals surface area contributed by atoms with E-state index in [0.717, 1.165) is 45.2 Å².